The summed E-state index contributed by atoms with van der Waals surface area (Å²) >= 11 is 0. The van der Waals surface area contributed by atoms with Gasteiger partial charge in [-0.3, -0.25) is 4.79 Å². The average molecular weight is 295 g/mol. The van der Waals surface area contributed by atoms with E-state index >= 15 is 0 Å². The number of carbonyl (C=O) groups is 1. The summed E-state index contributed by atoms with van der Waals surface area (Å²) in [4.78, 5) is 22.1. The smallest absolute Gasteiger partial charge is 0.311 e. The first kappa shape index (κ1) is 15.5. The molecule has 0 spiro atoms. The standard InChI is InChI=1S/C14H21N3O4/c1-20-9-5-14(13(18)19)4-3-8-17(10-14)11-12(21-2)16-7-6-15-11/h6-7H,3-5,8-10H2,1-2H3,(H,18,19)/t14-/m1/s1. The molecule has 1 aromatic rings. The summed E-state index contributed by atoms with van der Waals surface area (Å²) in [5.74, 6) is 0.236. The fourth-order valence-corrected chi connectivity index (χ4v) is 2.77. The van der Waals surface area contributed by atoms with E-state index < -0.39 is 11.4 Å². The van der Waals surface area contributed by atoms with Gasteiger partial charge in [0, 0.05) is 39.2 Å². The minimum Gasteiger partial charge on any atom is -0.481 e. The predicted octanol–water partition coefficient (Wildman–Crippen LogP) is 1.19. The van der Waals surface area contributed by atoms with Crippen molar-refractivity contribution in [3.63, 3.8) is 0 Å². The summed E-state index contributed by atoms with van der Waals surface area (Å²) in [7, 11) is 3.12. The molecule has 1 N–H and O–H groups in total. The van der Waals surface area contributed by atoms with Crippen LogP contribution in [0, 0.1) is 5.41 Å². The van der Waals surface area contributed by atoms with Crippen LogP contribution in [0.25, 0.3) is 0 Å². The van der Waals surface area contributed by atoms with Crippen molar-refractivity contribution in [2.45, 2.75) is 19.3 Å². The highest BCUT2D eigenvalue weighted by Crippen LogP contribution is 2.37. The monoisotopic (exact) mass is 295 g/mol. The number of methoxy groups -OCH3 is 2. The van der Waals surface area contributed by atoms with E-state index in [0.29, 0.717) is 37.7 Å². The third-order valence-electron chi connectivity index (χ3n) is 3.95. The second-order valence-electron chi connectivity index (χ2n) is 5.24. The lowest BCUT2D eigenvalue weighted by atomic mass is 9.77. The summed E-state index contributed by atoms with van der Waals surface area (Å²) in [6, 6.07) is 0. The maximum Gasteiger partial charge on any atom is 0.311 e. The molecule has 1 aliphatic rings. The van der Waals surface area contributed by atoms with Crippen LogP contribution in [-0.4, -0.2) is 55.0 Å². The van der Waals surface area contributed by atoms with Crippen LogP contribution in [0.5, 0.6) is 5.88 Å². The first-order valence-corrected chi connectivity index (χ1v) is 6.95. The quantitative estimate of drug-likeness (QED) is 0.843. The molecule has 1 aliphatic heterocycles. The van der Waals surface area contributed by atoms with Crippen LogP contribution in [0.3, 0.4) is 0 Å². The van der Waals surface area contributed by atoms with Crippen molar-refractivity contribution in [3.8, 4) is 5.88 Å². The van der Waals surface area contributed by atoms with Crippen molar-refractivity contribution in [1.82, 2.24) is 9.97 Å². The molecule has 0 amide bonds. The predicted molar refractivity (Wildman–Crippen MR) is 76.6 cm³/mol. The fraction of sp³-hybridized carbons (Fsp3) is 0.643. The van der Waals surface area contributed by atoms with Crippen LogP contribution in [0.4, 0.5) is 5.82 Å². The number of ether oxygens (including phenoxy) is 2. The normalized spacial score (nSPS) is 22.1. The number of hydrogen-bond acceptors (Lipinski definition) is 6. The van der Waals surface area contributed by atoms with Gasteiger partial charge < -0.3 is 19.5 Å². The van der Waals surface area contributed by atoms with Gasteiger partial charge in [-0.15, -0.1) is 0 Å². The highest BCUT2D eigenvalue weighted by atomic mass is 16.5. The zero-order valence-electron chi connectivity index (χ0n) is 12.4. The number of anilines is 1. The Balaban J connectivity index is 2.24. The van der Waals surface area contributed by atoms with Crippen molar-refractivity contribution in [3.05, 3.63) is 12.4 Å². The molecule has 0 aromatic carbocycles. The van der Waals surface area contributed by atoms with E-state index in [1.807, 2.05) is 4.90 Å². The van der Waals surface area contributed by atoms with Gasteiger partial charge in [-0.1, -0.05) is 0 Å². The van der Waals surface area contributed by atoms with Gasteiger partial charge in [0.1, 0.15) is 0 Å². The summed E-state index contributed by atoms with van der Waals surface area (Å²) in [5, 5.41) is 9.66. The summed E-state index contributed by atoms with van der Waals surface area (Å²) in [6.45, 7) is 1.57. The van der Waals surface area contributed by atoms with Crippen LogP contribution in [0.2, 0.25) is 0 Å². The van der Waals surface area contributed by atoms with Crippen molar-refractivity contribution in [2.75, 3.05) is 38.8 Å². The first-order chi connectivity index (χ1) is 10.1. The van der Waals surface area contributed by atoms with Crippen LogP contribution in [-0.2, 0) is 9.53 Å². The second kappa shape index (κ2) is 6.71. The fourth-order valence-electron chi connectivity index (χ4n) is 2.77. The van der Waals surface area contributed by atoms with Gasteiger partial charge in [-0.25, -0.2) is 9.97 Å². The van der Waals surface area contributed by atoms with Gasteiger partial charge in [0.25, 0.3) is 5.88 Å². The van der Waals surface area contributed by atoms with Crippen LogP contribution < -0.4 is 9.64 Å². The molecule has 1 saturated heterocycles. The second-order valence-corrected chi connectivity index (χ2v) is 5.24. The zero-order valence-corrected chi connectivity index (χ0v) is 12.4. The molecule has 0 saturated carbocycles. The number of nitrogens with zero attached hydrogens (tertiary/aromatic N) is 3. The molecular formula is C14H21N3O4. The zero-order chi connectivity index (χ0) is 15.3. The Labute approximate surface area is 123 Å². The SMILES string of the molecule is COCC[C@]1(C(=O)O)CCCN(c2nccnc2OC)C1. The van der Waals surface area contributed by atoms with Gasteiger partial charge >= 0.3 is 5.97 Å². The van der Waals surface area contributed by atoms with Crippen LogP contribution in [0.15, 0.2) is 12.4 Å². The van der Waals surface area contributed by atoms with Crippen molar-refractivity contribution < 1.29 is 19.4 Å². The minimum absolute atomic E-state index is 0.390. The van der Waals surface area contributed by atoms with E-state index in [1.165, 1.54) is 7.11 Å². The highest BCUT2D eigenvalue weighted by Gasteiger charge is 2.43. The van der Waals surface area contributed by atoms with E-state index in [9.17, 15) is 9.90 Å². The maximum atomic E-state index is 11.8. The number of aromatic nitrogens is 2. The van der Waals surface area contributed by atoms with Gasteiger partial charge in [0.15, 0.2) is 5.82 Å². The Kier molecular flexibility index (Phi) is 4.95. The number of carboxylic acids is 1. The molecule has 1 atom stereocenters. The number of hydrogen-bond donors (Lipinski definition) is 1. The van der Waals surface area contributed by atoms with E-state index in [-0.39, 0.29) is 0 Å². The van der Waals surface area contributed by atoms with Crippen molar-refractivity contribution >= 4 is 11.8 Å². The minimum atomic E-state index is -0.809. The number of rotatable bonds is 6. The maximum absolute atomic E-state index is 11.8. The first-order valence-electron chi connectivity index (χ1n) is 6.95. The average Bonchev–Trinajstić information content (AvgIpc) is 2.53. The van der Waals surface area contributed by atoms with Gasteiger partial charge in [0.2, 0.25) is 0 Å². The lowest BCUT2D eigenvalue weighted by Crippen LogP contribution is -2.49. The third kappa shape index (κ3) is 3.24. The molecule has 2 rings (SSSR count). The lowest BCUT2D eigenvalue weighted by molar-refractivity contribution is -0.150. The Morgan fingerprint density at radius 3 is 2.86 bits per heavy atom. The van der Waals surface area contributed by atoms with Crippen LogP contribution >= 0.6 is 0 Å². The summed E-state index contributed by atoms with van der Waals surface area (Å²) in [5.41, 5.74) is -0.809. The molecule has 7 nitrogen and oxygen atoms in total. The van der Waals surface area contributed by atoms with Gasteiger partial charge in [0.05, 0.1) is 12.5 Å². The highest BCUT2D eigenvalue weighted by molar-refractivity contribution is 5.76. The molecule has 2 heterocycles. The van der Waals surface area contributed by atoms with Crippen molar-refractivity contribution in [2.24, 2.45) is 5.41 Å². The van der Waals surface area contributed by atoms with Crippen molar-refractivity contribution in [1.29, 1.82) is 0 Å². The summed E-state index contributed by atoms with van der Waals surface area (Å²) in [6.07, 6.45) is 5.06. The molecule has 116 valence electrons. The van der Waals surface area contributed by atoms with Gasteiger partial charge in [-0.2, -0.15) is 0 Å². The molecule has 21 heavy (non-hydrogen) atoms. The molecule has 0 bridgehead atoms. The van der Waals surface area contributed by atoms with E-state index in [4.69, 9.17) is 9.47 Å². The number of carboxylic acid groups (broad SMARTS) is 1. The molecule has 0 aliphatic carbocycles. The summed E-state index contributed by atoms with van der Waals surface area (Å²) < 4.78 is 10.3. The topological polar surface area (TPSA) is 84.8 Å². The molecule has 1 aromatic heterocycles. The Morgan fingerprint density at radius 1 is 1.43 bits per heavy atom. The largest absolute Gasteiger partial charge is 0.481 e. The lowest BCUT2D eigenvalue weighted by Gasteiger charge is -2.40. The Hall–Kier alpha value is -1.89. The van der Waals surface area contributed by atoms with E-state index in [1.54, 1.807) is 19.5 Å². The molecule has 7 heteroatoms. The Morgan fingerprint density at radius 2 is 2.19 bits per heavy atom. The number of piperidine rings is 1. The third-order valence-corrected chi connectivity index (χ3v) is 3.95. The molecule has 0 unspecified atom stereocenters. The van der Waals surface area contributed by atoms with E-state index in [2.05, 4.69) is 9.97 Å². The Bertz CT molecular complexity index is 497. The molecular weight excluding hydrogens is 274 g/mol. The van der Waals surface area contributed by atoms with Crippen LogP contribution in [0.1, 0.15) is 19.3 Å². The van der Waals surface area contributed by atoms with Gasteiger partial charge in [-0.05, 0) is 19.3 Å². The van der Waals surface area contributed by atoms with E-state index in [0.717, 1.165) is 13.0 Å². The molecule has 0 radical (unpaired) electrons. The molecule has 1 fully saturated rings. The number of aliphatic carboxylic acids is 1.